The molecule has 2 aliphatic rings. The van der Waals surface area contributed by atoms with Gasteiger partial charge in [0, 0.05) is 47.8 Å². The van der Waals surface area contributed by atoms with E-state index < -0.39 is 16.8 Å². The SMILES string of the molecule is O=C1CCCC2=C1C(c1ccc([N+](=O)[O-])cc1)CC(=O)N2c1ccc(C(=O)O)cc1. The molecule has 1 atom stereocenters. The molecule has 0 fully saturated rings. The lowest BCUT2D eigenvalue weighted by Gasteiger charge is -2.38. The summed E-state index contributed by atoms with van der Waals surface area (Å²) in [7, 11) is 0. The van der Waals surface area contributed by atoms with Crippen molar-refractivity contribution in [3.63, 3.8) is 0 Å². The van der Waals surface area contributed by atoms with Crippen LogP contribution in [-0.4, -0.2) is 27.7 Å². The van der Waals surface area contributed by atoms with Crippen LogP contribution in [0.3, 0.4) is 0 Å². The Morgan fingerprint density at radius 2 is 1.70 bits per heavy atom. The van der Waals surface area contributed by atoms with Crippen LogP contribution in [0.1, 0.15) is 47.5 Å². The summed E-state index contributed by atoms with van der Waals surface area (Å²) >= 11 is 0. The number of ketones is 1. The monoisotopic (exact) mass is 406 g/mol. The van der Waals surface area contributed by atoms with Gasteiger partial charge in [0.15, 0.2) is 5.78 Å². The van der Waals surface area contributed by atoms with Crippen molar-refractivity contribution >= 4 is 29.0 Å². The predicted octanol–water partition coefficient (Wildman–Crippen LogP) is 3.82. The second-order valence-electron chi connectivity index (χ2n) is 7.32. The first-order chi connectivity index (χ1) is 14.4. The Hall–Kier alpha value is -3.81. The molecule has 1 aliphatic carbocycles. The van der Waals surface area contributed by atoms with Crippen molar-refractivity contribution in [1.82, 2.24) is 0 Å². The molecule has 8 heteroatoms. The number of hydrogen-bond donors (Lipinski definition) is 1. The van der Waals surface area contributed by atoms with Gasteiger partial charge >= 0.3 is 5.97 Å². The van der Waals surface area contributed by atoms with E-state index in [2.05, 4.69) is 0 Å². The highest BCUT2D eigenvalue weighted by Gasteiger charge is 2.39. The van der Waals surface area contributed by atoms with Gasteiger partial charge in [-0.15, -0.1) is 0 Å². The molecule has 0 bridgehead atoms. The fourth-order valence-electron chi connectivity index (χ4n) is 4.16. The number of nitro benzene ring substituents is 1. The van der Waals surface area contributed by atoms with Gasteiger partial charge in [-0.1, -0.05) is 12.1 Å². The van der Waals surface area contributed by atoms with Crippen LogP contribution in [0.2, 0.25) is 0 Å². The number of allylic oxidation sites excluding steroid dienone is 2. The van der Waals surface area contributed by atoms with E-state index in [1.807, 2.05) is 0 Å². The lowest BCUT2D eigenvalue weighted by molar-refractivity contribution is -0.384. The van der Waals surface area contributed by atoms with Crippen LogP contribution in [0, 0.1) is 10.1 Å². The van der Waals surface area contributed by atoms with E-state index in [1.165, 1.54) is 29.2 Å². The second kappa shape index (κ2) is 7.55. The molecule has 0 spiro atoms. The first-order valence-electron chi connectivity index (χ1n) is 9.53. The fraction of sp³-hybridized carbons (Fsp3) is 0.227. The first-order valence-corrected chi connectivity index (χ1v) is 9.53. The number of non-ortho nitro benzene ring substituents is 1. The maximum Gasteiger partial charge on any atom is 0.335 e. The van der Waals surface area contributed by atoms with Crippen LogP contribution >= 0.6 is 0 Å². The van der Waals surface area contributed by atoms with E-state index in [1.54, 1.807) is 24.3 Å². The van der Waals surface area contributed by atoms with Crippen LogP contribution in [0.4, 0.5) is 11.4 Å². The van der Waals surface area contributed by atoms with Gasteiger partial charge in [0.2, 0.25) is 5.91 Å². The lowest BCUT2D eigenvalue weighted by Crippen LogP contribution is -2.40. The minimum absolute atomic E-state index is 0.0285. The van der Waals surface area contributed by atoms with E-state index in [0.717, 1.165) is 0 Å². The number of aromatic carboxylic acids is 1. The maximum atomic E-state index is 13.1. The quantitative estimate of drug-likeness (QED) is 0.609. The first kappa shape index (κ1) is 19.5. The average Bonchev–Trinajstić information content (AvgIpc) is 2.73. The molecule has 0 radical (unpaired) electrons. The molecule has 152 valence electrons. The highest BCUT2D eigenvalue weighted by molar-refractivity contribution is 6.07. The predicted molar refractivity (Wildman–Crippen MR) is 107 cm³/mol. The van der Waals surface area contributed by atoms with Gasteiger partial charge in [-0.3, -0.25) is 24.6 Å². The molecular formula is C22H18N2O6. The van der Waals surface area contributed by atoms with E-state index in [9.17, 15) is 24.5 Å². The number of hydrogen-bond acceptors (Lipinski definition) is 5. The summed E-state index contributed by atoms with van der Waals surface area (Å²) in [5, 5.41) is 20.0. The lowest BCUT2D eigenvalue weighted by atomic mass is 9.77. The minimum atomic E-state index is -1.06. The van der Waals surface area contributed by atoms with Crippen molar-refractivity contribution in [2.75, 3.05) is 4.90 Å². The number of carbonyl (C=O) groups excluding carboxylic acids is 2. The van der Waals surface area contributed by atoms with Crippen LogP contribution in [-0.2, 0) is 9.59 Å². The normalized spacial score (nSPS) is 18.9. The molecule has 4 rings (SSSR count). The van der Waals surface area contributed by atoms with Crippen molar-refractivity contribution in [3.8, 4) is 0 Å². The molecule has 0 aromatic heterocycles. The molecule has 2 aromatic carbocycles. The molecule has 8 nitrogen and oxygen atoms in total. The number of carbonyl (C=O) groups is 3. The Kier molecular flexibility index (Phi) is 4.91. The number of nitrogens with zero attached hydrogens (tertiary/aromatic N) is 2. The van der Waals surface area contributed by atoms with Crippen molar-refractivity contribution < 1.29 is 24.4 Å². The Balaban J connectivity index is 1.78. The molecule has 0 saturated heterocycles. The molecule has 2 aromatic rings. The van der Waals surface area contributed by atoms with Gasteiger partial charge in [0.25, 0.3) is 5.69 Å². The number of amides is 1. The second-order valence-corrected chi connectivity index (χ2v) is 7.32. The summed E-state index contributed by atoms with van der Waals surface area (Å²) in [6, 6.07) is 11.9. The van der Waals surface area contributed by atoms with Gasteiger partial charge in [0.05, 0.1) is 10.5 Å². The molecule has 1 heterocycles. The summed E-state index contributed by atoms with van der Waals surface area (Å²) < 4.78 is 0. The van der Waals surface area contributed by atoms with Gasteiger partial charge in [-0.05, 0) is 42.7 Å². The van der Waals surface area contributed by atoms with E-state index >= 15 is 0 Å². The topological polar surface area (TPSA) is 118 Å². The van der Waals surface area contributed by atoms with Crippen LogP contribution in [0.5, 0.6) is 0 Å². The van der Waals surface area contributed by atoms with Gasteiger partial charge in [-0.25, -0.2) is 4.79 Å². The molecule has 1 N–H and O–H groups in total. The number of Topliss-reactive ketones (excluding diaryl/α,β-unsaturated/α-hetero) is 1. The highest BCUT2D eigenvalue weighted by atomic mass is 16.6. The molecule has 1 aliphatic heterocycles. The van der Waals surface area contributed by atoms with Gasteiger partial charge in [0.1, 0.15) is 0 Å². The third kappa shape index (κ3) is 3.36. The number of carboxylic acid groups (broad SMARTS) is 1. The number of rotatable bonds is 4. The molecule has 1 amide bonds. The van der Waals surface area contributed by atoms with Gasteiger partial charge < -0.3 is 5.11 Å². The summed E-state index contributed by atoms with van der Waals surface area (Å²) in [4.78, 5) is 49.0. The third-order valence-corrected chi connectivity index (χ3v) is 5.55. The van der Waals surface area contributed by atoms with Crippen molar-refractivity contribution in [3.05, 3.63) is 81.0 Å². The summed E-state index contributed by atoms with van der Waals surface area (Å²) in [6.45, 7) is 0. The largest absolute Gasteiger partial charge is 0.478 e. The summed E-state index contributed by atoms with van der Waals surface area (Å²) in [5.74, 6) is -1.73. The van der Waals surface area contributed by atoms with E-state index in [4.69, 9.17) is 5.11 Å². The maximum absolute atomic E-state index is 13.1. The van der Waals surface area contributed by atoms with Crippen LogP contribution in [0.25, 0.3) is 0 Å². The number of anilines is 1. The number of carboxylic acids is 1. The standard InChI is InChI=1S/C22H18N2O6/c25-19-3-1-2-18-21(19)17(13-4-10-16(11-5-13)24(29)30)12-20(26)23(18)15-8-6-14(7-9-15)22(27)28/h4-11,17H,1-3,12H2,(H,27,28). The summed E-state index contributed by atoms with van der Waals surface area (Å²) in [6.07, 6.45) is 1.63. The molecular weight excluding hydrogens is 388 g/mol. The zero-order chi connectivity index (χ0) is 21.4. The van der Waals surface area contributed by atoms with Crippen LogP contribution < -0.4 is 4.90 Å². The van der Waals surface area contributed by atoms with Gasteiger partial charge in [-0.2, -0.15) is 0 Å². The number of nitro groups is 1. The minimum Gasteiger partial charge on any atom is -0.478 e. The third-order valence-electron chi connectivity index (χ3n) is 5.55. The van der Waals surface area contributed by atoms with E-state index in [-0.39, 0.29) is 29.4 Å². The zero-order valence-corrected chi connectivity index (χ0v) is 15.9. The zero-order valence-electron chi connectivity index (χ0n) is 15.9. The highest BCUT2D eigenvalue weighted by Crippen LogP contribution is 2.43. The molecule has 0 saturated carbocycles. The van der Waals surface area contributed by atoms with Crippen molar-refractivity contribution in [2.45, 2.75) is 31.6 Å². The molecule has 30 heavy (non-hydrogen) atoms. The Morgan fingerprint density at radius 3 is 2.30 bits per heavy atom. The summed E-state index contributed by atoms with van der Waals surface area (Å²) in [5.41, 5.74) is 2.48. The fourth-order valence-corrected chi connectivity index (χ4v) is 4.16. The van der Waals surface area contributed by atoms with Crippen LogP contribution in [0.15, 0.2) is 59.8 Å². The van der Waals surface area contributed by atoms with Crippen molar-refractivity contribution in [1.29, 1.82) is 0 Å². The number of benzene rings is 2. The van der Waals surface area contributed by atoms with Crippen molar-refractivity contribution in [2.24, 2.45) is 0 Å². The molecule has 1 unspecified atom stereocenters. The Labute approximate surface area is 171 Å². The Morgan fingerprint density at radius 1 is 1.03 bits per heavy atom. The Bertz CT molecular complexity index is 1090. The average molecular weight is 406 g/mol. The van der Waals surface area contributed by atoms with E-state index in [0.29, 0.717) is 41.8 Å². The smallest absolute Gasteiger partial charge is 0.335 e.